The van der Waals surface area contributed by atoms with E-state index in [4.69, 9.17) is 0 Å². The molecule has 0 aromatic heterocycles. The molecule has 0 saturated heterocycles. The number of halogens is 3. The molecule has 4 fully saturated rings. The lowest BCUT2D eigenvalue weighted by atomic mass is 9.48. The number of carbonyl (C=O) groups excluding carboxylic acids is 1. The van der Waals surface area contributed by atoms with Crippen molar-refractivity contribution < 1.29 is 18.0 Å². The van der Waals surface area contributed by atoms with Gasteiger partial charge < -0.3 is 5.32 Å². The highest BCUT2D eigenvalue weighted by atomic mass is 19.4. The number of anilines is 1. The summed E-state index contributed by atoms with van der Waals surface area (Å²) in [5, 5.41) is 2.06. The van der Waals surface area contributed by atoms with Crippen molar-refractivity contribution in [3.8, 4) is 0 Å². The molecular formula is C19H22F3NO. The second kappa shape index (κ2) is 5.24. The van der Waals surface area contributed by atoms with Gasteiger partial charge in [0.2, 0.25) is 0 Å². The predicted molar refractivity (Wildman–Crippen MR) is 85.7 cm³/mol. The van der Waals surface area contributed by atoms with E-state index in [-0.39, 0.29) is 5.41 Å². The fourth-order valence-electron chi connectivity index (χ4n) is 5.74. The van der Waals surface area contributed by atoms with E-state index in [2.05, 4.69) is 11.4 Å². The molecule has 4 aliphatic rings. The topological polar surface area (TPSA) is 29.1 Å². The first-order chi connectivity index (χ1) is 11.2. The molecule has 1 aromatic carbocycles. The summed E-state index contributed by atoms with van der Waals surface area (Å²) in [6.07, 6.45) is 2.55. The summed E-state index contributed by atoms with van der Waals surface area (Å²) < 4.78 is 37.7. The Balaban J connectivity index is 1.65. The largest absolute Gasteiger partial charge is 0.471 e. The lowest BCUT2D eigenvalue weighted by Crippen LogP contribution is -2.48. The second-order valence-electron chi connectivity index (χ2n) is 8.18. The van der Waals surface area contributed by atoms with Crippen LogP contribution >= 0.6 is 0 Å². The fraction of sp³-hybridized carbons (Fsp3) is 0.632. The van der Waals surface area contributed by atoms with Gasteiger partial charge in [-0.15, -0.1) is 0 Å². The van der Waals surface area contributed by atoms with Gasteiger partial charge in [-0.3, -0.25) is 4.79 Å². The molecule has 1 amide bonds. The molecule has 5 rings (SSSR count). The Morgan fingerprint density at radius 1 is 1.08 bits per heavy atom. The number of carbonyl (C=O) groups is 1. The van der Waals surface area contributed by atoms with Crippen LogP contribution in [0.4, 0.5) is 18.9 Å². The Hall–Kier alpha value is -1.52. The fourth-order valence-corrected chi connectivity index (χ4v) is 5.74. The van der Waals surface area contributed by atoms with E-state index in [1.807, 2.05) is 6.07 Å². The van der Waals surface area contributed by atoms with Crippen LogP contribution in [0.1, 0.15) is 49.7 Å². The second-order valence-corrected chi connectivity index (χ2v) is 8.18. The van der Waals surface area contributed by atoms with Crippen LogP contribution in [0.3, 0.4) is 0 Å². The first-order valence-electron chi connectivity index (χ1n) is 8.74. The third-order valence-corrected chi connectivity index (χ3v) is 6.39. The van der Waals surface area contributed by atoms with Crippen molar-refractivity contribution in [2.45, 2.75) is 57.0 Å². The molecule has 0 heterocycles. The highest BCUT2D eigenvalue weighted by molar-refractivity contribution is 5.95. The Morgan fingerprint density at radius 2 is 1.62 bits per heavy atom. The van der Waals surface area contributed by atoms with Gasteiger partial charge in [0.15, 0.2) is 0 Å². The Bertz CT molecular complexity index is 644. The zero-order valence-corrected chi connectivity index (χ0v) is 13.7. The SMILES string of the molecule is Cc1ccc(C23CC4CC(CC(C4)C2)C3)cc1NC(=O)C(F)(F)F. The molecule has 4 bridgehead atoms. The molecule has 130 valence electrons. The normalized spacial score (nSPS) is 34.4. The Morgan fingerprint density at radius 3 is 2.12 bits per heavy atom. The average molecular weight is 337 g/mol. The maximum absolute atomic E-state index is 12.6. The molecule has 0 unspecified atom stereocenters. The number of benzene rings is 1. The zero-order valence-electron chi connectivity index (χ0n) is 13.7. The van der Waals surface area contributed by atoms with Crippen molar-refractivity contribution in [1.82, 2.24) is 0 Å². The Labute approximate surface area is 139 Å². The minimum absolute atomic E-state index is 0.111. The summed E-state index contributed by atoms with van der Waals surface area (Å²) in [5.41, 5.74) is 2.19. The molecule has 5 heteroatoms. The van der Waals surface area contributed by atoms with E-state index in [0.29, 0.717) is 11.3 Å². The molecule has 4 saturated carbocycles. The van der Waals surface area contributed by atoms with Gasteiger partial charge in [-0.1, -0.05) is 12.1 Å². The van der Waals surface area contributed by atoms with Gasteiger partial charge in [0.25, 0.3) is 0 Å². The van der Waals surface area contributed by atoms with Crippen LogP contribution in [0, 0.1) is 24.7 Å². The van der Waals surface area contributed by atoms with E-state index in [1.54, 1.807) is 13.0 Å². The van der Waals surface area contributed by atoms with Gasteiger partial charge in [0.05, 0.1) is 0 Å². The third-order valence-electron chi connectivity index (χ3n) is 6.39. The number of hydrogen-bond donors (Lipinski definition) is 1. The van der Waals surface area contributed by atoms with Gasteiger partial charge in [0.1, 0.15) is 0 Å². The third kappa shape index (κ3) is 2.62. The number of rotatable bonds is 2. The number of alkyl halides is 3. The van der Waals surface area contributed by atoms with Gasteiger partial charge in [0, 0.05) is 5.69 Å². The minimum atomic E-state index is -4.86. The molecule has 4 aliphatic carbocycles. The molecule has 1 N–H and O–H groups in total. The minimum Gasteiger partial charge on any atom is -0.318 e. The first-order valence-corrected chi connectivity index (χ1v) is 8.74. The lowest BCUT2D eigenvalue weighted by Gasteiger charge is -2.57. The van der Waals surface area contributed by atoms with Crippen molar-refractivity contribution >= 4 is 11.6 Å². The van der Waals surface area contributed by atoms with Crippen LogP contribution in [0.5, 0.6) is 0 Å². The van der Waals surface area contributed by atoms with E-state index in [1.165, 1.54) is 19.3 Å². The molecule has 0 aliphatic heterocycles. The monoisotopic (exact) mass is 337 g/mol. The average Bonchev–Trinajstić information content (AvgIpc) is 2.47. The molecular weight excluding hydrogens is 315 g/mol. The highest BCUT2D eigenvalue weighted by Crippen LogP contribution is 2.60. The van der Waals surface area contributed by atoms with Crippen molar-refractivity contribution in [2.75, 3.05) is 5.32 Å². The number of amides is 1. The highest BCUT2D eigenvalue weighted by Gasteiger charge is 2.51. The summed E-state index contributed by atoms with van der Waals surface area (Å²) in [5.74, 6) is 0.413. The summed E-state index contributed by atoms with van der Waals surface area (Å²) in [4.78, 5) is 11.3. The van der Waals surface area contributed by atoms with Crippen LogP contribution < -0.4 is 5.32 Å². The Kier molecular flexibility index (Phi) is 3.49. The van der Waals surface area contributed by atoms with Crippen LogP contribution in [0.25, 0.3) is 0 Å². The molecule has 0 atom stereocenters. The molecule has 24 heavy (non-hydrogen) atoms. The van der Waals surface area contributed by atoms with Crippen LogP contribution in [-0.4, -0.2) is 12.1 Å². The summed E-state index contributed by atoms with van der Waals surface area (Å²) >= 11 is 0. The number of hydrogen-bond acceptors (Lipinski definition) is 1. The van der Waals surface area contributed by atoms with Gasteiger partial charge in [-0.25, -0.2) is 0 Å². The van der Waals surface area contributed by atoms with Crippen molar-refractivity contribution in [3.63, 3.8) is 0 Å². The maximum Gasteiger partial charge on any atom is 0.471 e. The zero-order chi connectivity index (χ0) is 17.1. The molecule has 1 aromatic rings. The van der Waals surface area contributed by atoms with Crippen LogP contribution in [0.15, 0.2) is 18.2 Å². The van der Waals surface area contributed by atoms with E-state index in [0.717, 1.165) is 42.6 Å². The van der Waals surface area contributed by atoms with E-state index in [9.17, 15) is 18.0 Å². The standard InChI is InChI=1S/C19H22F3NO/c1-11-2-3-15(7-16(11)23-17(24)19(20,21)22)18-8-12-4-13(9-18)6-14(5-12)10-18/h2-3,7,12-14H,4-6,8-10H2,1H3,(H,23,24). The van der Waals surface area contributed by atoms with E-state index >= 15 is 0 Å². The van der Waals surface area contributed by atoms with Crippen molar-refractivity contribution in [1.29, 1.82) is 0 Å². The smallest absolute Gasteiger partial charge is 0.318 e. The summed E-state index contributed by atoms with van der Waals surface area (Å²) in [7, 11) is 0. The van der Waals surface area contributed by atoms with Gasteiger partial charge in [-0.2, -0.15) is 13.2 Å². The van der Waals surface area contributed by atoms with Gasteiger partial charge >= 0.3 is 12.1 Å². The summed E-state index contributed by atoms with van der Waals surface area (Å²) in [6, 6.07) is 5.71. The summed E-state index contributed by atoms with van der Waals surface area (Å²) in [6.45, 7) is 1.73. The number of nitrogens with one attached hydrogen (secondary N) is 1. The van der Waals surface area contributed by atoms with Crippen LogP contribution in [-0.2, 0) is 10.2 Å². The van der Waals surface area contributed by atoms with Crippen molar-refractivity contribution in [2.24, 2.45) is 17.8 Å². The van der Waals surface area contributed by atoms with Gasteiger partial charge in [-0.05, 0) is 85.8 Å². The molecule has 0 spiro atoms. The van der Waals surface area contributed by atoms with E-state index < -0.39 is 12.1 Å². The van der Waals surface area contributed by atoms with Crippen molar-refractivity contribution in [3.05, 3.63) is 29.3 Å². The first kappa shape index (κ1) is 16.0. The quantitative estimate of drug-likeness (QED) is 0.811. The number of aryl methyl sites for hydroxylation is 1. The molecule has 2 nitrogen and oxygen atoms in total. The van der Waals surface area contributed by atoms with Crippen LogP contribution in [0.2, 0.25) is 0 Å². The maximum atomic E-state index is 12.6. The predicted octanol–water partition coefficient (Wildman–Crippen LogP) is 4.96. The lowest BCUT2D eigenvalue weighted by molar-refractivity contribution is -0.167. The molecule has 0 radical (unpaired) electrons.